The number of carbonyl (C=O) groups is 1. The van der Waals surface area contributed by atoms with Crippen LogP contribution in [0.2, 0.25) is 0 Å². The molecule has 2 aliphatic rings. The number of nitrogens with one attached hydrogen (secondary N) is 1. The SMILES string of the molecule is Cc1ccc([C@@H](NC(=O)CSc2nnc(C3CC3)n2C2CC2)c2cccs2)cc1. The number of hydrogen-bond acceptors (Lipinski definition) is 5. The van der Waals surface area contributed by atoms with Crippen LogP contribution >= 0.6 is 23.1 Å². The summed E-state index contributed by atoms with van der Waals surface area (Å²) in [4.78, 5) is 14.0. The van der Waals surface area contributed by atoms with Crippen LogP contribution in [-0.4, -0.2) is 26.4 Å². The van der Waals surface area contributed by atoms with Crippen molar-refractivity contribution in [3.63, 3.8) is 0 Å². The fourth-order valence-corrected chi connectivity index (χ4v) is 5.17. The molecule has 0 unspecified atom stereocenters. The van der Waals surface area contributed by atoms with Crippen LogP contribution in [0.1, 0.15) is 65.5 Å². The molecule has 5 nitrogen and oxygen atoms in total. The highest BCUT2D eigenvalue weighted by molar-refractivity contribution is 7.99. The molecule has 0 bridgehead atoms. The molecular formula is C22H24N4OS2. The predicted molar refractivity (Wildman–Crippen MR) is 116 cm³/mol. The zero-order chi connectivity index (χ0) is 19.8. The van der Waals surface area contributed by atoms with E-state index in [-0.39, 0.29) is 11.9 Å². The lowest BCUT2D eigenvalue weighted by atomic mass is 10.0. The standard InChI is InChI=1S/C22H24N4OS2/c1-14-4-6-15(7-5-14)20(18-3-2-12-28-18)23-19(27)13-29-22-25-24-21(16-8-9-16)26(22)17-10-11-17/h2-7,12,16-17,20H,8-11,13H2,1H3,(H,23,27)/t20-/m1/s1. The van der Waals surface area contributed by atoms with Gasteiger partial charge in [-0.1, -0.05) is 47.7 Å². The average molecular weight is 425 g/mol. The average Bonchev–Trinajstić information content (AvgIpc) is 3.66. The van der Waals surface area contributed by atoms with Crippen LogP contribution in [0.25, 0.3) is 0 Å². The Bertz CT molecular complexity index is 989. The lowest BCUT2D eigenvalue weighted by Crippen LogP contribution is -2.30. The molecule has 2 aromatic heterocycles. The Labute approximate surface area is 178 Å². The minimum absolute atomic E-state index is 0.0206. The van der Waals surface area contributed by atoms with Crippen molar-refractivity contribution in [1.82, 2.24) is 20.1 Å². The Morgan fingerprint density at radius 1 is 1.21 bits per heavy atom. The van der Waals surface area contributed by atoms with Gasteiger partial charge in [-0.3, -0.25) is 4.79 Å². The first-order valence-electron chi connectivity index (χ1n) is 10.2. The van der Waals surface area contributed by atoms with Crippen LogP contribution in [0.5, 0.6) is 0 Å². The monoisotopic (exact) mass is 424 g/mol. The third-order valence-electron chi connectivity index (χ3n) is 5.42. The molecule has 2 fully saturated rings. The maximum Gasteiger partial charge on any atom is 0.231 e. The van der Waals surface area contributed by atoms with Gasteiger partial charge in [-0.25, -0.2) is 0 Å². The first-order valence-corrected chi connectivity index (χ1v) is 12.0. The topological polar surface area (TPSA) is 59.8 Å². The summed E-state index contributed by atoms with van der Waals surface area (Å²) in [5, 5.41) is 15.0. The van der Waals surface area contributed by atoms with E-state index in [1.165, 1.54) is 43.0 Å². The Balaban J connectivity index is 1.28. The molecule has 2 aliphatic carbocycles. The van der Waals surface area contributed by atoms with Gasteiger partial charge in [0.1, 0.15) is 5.82 Å². The molecule has 2 saturated carbocycles. The van der Waals surface area contributed by atoms with E-state index in [1.807, 2.05) is 6.07 Å². The molecule has 2 heterocycles. The van der Waals surface area contributed by atoms with Crippen molar-refractivity contribution in [2.45, 2.75) is 55.8 Å². The predicted octanol–water partition coefficient (Wildman–Crippen LogP) is 4.86. The highest BCUT2D eigenvalue weighted by atomic mass is 32.2. The van der Waals surface area contributed by atoms with E-state index in [1.54, 1.807) is 11.3 Å². The van der Waals surface area contributed by atoms with Gasteiger partial charge < -0.3 is 9.88 Å². The van der Waals surface area contributed by atoms with Gasteiger partial charge in [-0.05, 0) is 49.6 Å². The number of hydrogen-bond donors (Lipinski definition) is 1. The molecule has 1 aromatic carbocycles. The number of thiophene rings is 1. The Kier molecular flexibility index (Phi) is 5.18. The third-order valence-corrected chi connectivity index (χ3v) is 7.30. The number of rotatable bonds is 8. The molecular weight excluding hydrogens is 400 g/mol. The second kappa shape index (κ2) is 7.95. The lowest BCUT2D eigenvalue weighted by Gasteiger charge is -2.18. The van der Waals surface area contributed by atoms with Crippen molar-refractivity contribution in [3.8, 4) is 0 Å². The summed E-state index contributed by atoms with van der Waals surface area (Å²) in [7, 11) is 0. The van der Waals surface area contributed by atoms with E-state index < -0.39 is 0 Å². The molecule has 3 aromatic rings. The summed E-state index contributed by atoms with van der Waals surface area (Å²) in [6.45, 7) is 2.07. The molecule has 0 aliphatic heterocycles. The summed E-state index contributed by atoms with van der Waals surface area (Å²) < 4.78 is 2.30. The van der Waals surface area contributed by atoms with Crippen LogP contribution < -0.4 is 5.32 Å². The number of carbonyl (C=O) groups excluding carboxylic acids is 1. The first kappa shape index (κ1) is 18.9. The van der Waals surface area contributed by atoms with Crippen molar-refractivity contribution >= 4 is 29.0 Å². The zero-order valence-corrected chi connectivity index (χ0v) is 18.0. The van der Waals surface area contributed by atoms with Gasteiger partial charge in [0.05, 0.1) is 11.8 Å². The van der Waals surface area contributed by atoms with E-state index in [0.29, 0.717) is 17.7 Å². The van der Waals surface area contributed by atoms with E-state index in [0.717, 1.165) is 21.4 Å². The van der Waals surface area contributed by atoms with Gasteiger partial charge in [-0.15, -0.1) is 21.5 Å². The Morgan fingerprint density at radius 2 is 2.00 bits per heavy atom. The molecule has 0 saturated heterocycles. The van der Waals surface area contributed by atoms with E-state index in [2.05, 4.69) is 62.7 Å². The minimum Gasteiger partial charge on any atom is -0.344 e. The number of nitrogens with zero attached hydrogens (tertiary/aromatic N) is 3. The minimum atomic E-state index is -0.118. The van der Waals surface area contributed by atoms with Gasteiger partial charge in [0.25, 0.3) is 0 Å². The van der Waals surface area contributed by atoms with Crippen LogP contribution in [0, 0.1) is 6.92 Å². The van der Waals surface area contributed by atoms with E-state index in [9.17, 15) is 4.79 Å². The summed E-state index contributed by atoms with van der Waals surface area (Å²) >= 11 is 3.17. The van der Waals surface area contributed by atoms with Gasteiger partial charge >= 0.3 is 0 Å². The van der Waals surface area contributed by atoms with Crippen LogP contribution in [0.4, 0.5) is 0 Å². The summed E-state index contributed by atoms with van der Waals surface area (Å²) in [6.07, 6.45) is 4.83. The molecule has 7 heteroatoms. The Hall–Kier alpha value is -2.12. The van der Waals surface area contributed by atoms with Crippen molar-refractivity contribution in [1.29, 1.82) is 0 Å². The van der Waals surface area contributed by atoms with Crippen molar-refractivity contribution in [2.75, 3.05) is 5.75 Å². The van der Waals surface area contributed by atoms with Gasteiger partial charge in [-0.2, -0.15) is 0 Å². The highest BCUT2D eigenvalue weighted by Crippen LogP contribution is 2.46. The Morgan fingerprint density at radius 3 is 2.66 bits per heavy atom. The smallest absolute Gasteiger partial charge is 0.231 e. The number of thioether (sulfide) groups is 1. The summed E-state index contributed by atoms with van der Waals surface area (Å²) in [6, 6.07) is 12.9. The lowest BCUT2D eigenvalue weighted by molar-refractivity contribution is -0.119. The van der Waals surface area contributed by atoms with Crippen LogP contribution in [-0.2, 0) is 4.79 Å². The second-order valence-electron chi connectivity index (χ2n) is 7.93. The fraction of sp³-hybridized carbons (Fsp3) is 0.409. The highest BCUT2D eigenvalue weighted by Gasteiger charge is 2.36. The van der Waals surface area contributed by atoms with Crippen LogP contribution in [0.15, 0.2) is 46.9 Å². The summed E-state index contributed by atoms with van der Waals surface area (Å²) in [5.41, 5.74) is 2.32. The molecule has 1 atom stereocenters. The molecule has 5 rings (SSSR count). The second-order valence-corrected chi connectivity index (χ2v) is 9.85. The fourth-order valence-electron chi connectivity index (χ4n) is 3.55. The maximum absolute atomic E-state index is 12.8. The van der Waals surface area contributed by atoms with E-state index >= 15 is 0 Å². The third kappa shape index (κ3) is 4.26. The molecule has 0 radical (unpaired) electrons. The molecule has 1 amide bonds. The number of aromatic nitrogens is 3. The quantitative estimate of drug-likeness (QED) is 0.525. The largest absolute Gasteiger partial charge is 0.344 e. The first-order chi connectivity index (χ1) is 14.2. The van der Waals surface area contributed by atoms with Gasteiger partial charge in [0.15, 0.2) is 5.16 Å². The normalized spacial score (nSPS) is 17.3. The van der Waals surface area contributed by atoms with Gasteiger partial charge in [0, 0.05) is 16.8 Å². The zero-order valence-electron chi connectivity index (χ0n) is 16.4. The number of aryl methyl sites for hydroxylation is 1. The maximum atomic E-state index is 12.8. The summed E-state index contributed by atoms with van der Waals surface area (Å²) in [5.74, 6) is 2.08. The van der Waals surface area contributed by atoms with Gasteiger partial charge in [0.2, 0.25) is 5.91 Å². The van der Waals surface area contributed by atoms with Crippen molar-refractivity contribution in [2.24, 2.45) is 0 Å². The van der Waals surface area contributed by atoms with E-state index in [4.69, 9.17) is 0 Å². The molecule has 29 heavy (non-hydrogen) atoms. The molecule has 1 N–H and O–H groups in total. The van der Waals surface area contributed by atoms with Crippen LogP contribution in [0.3, 0.4) is 0 Å². The molecule has 0 spiro atoms. The molecule has 150 valence electrons. The van der Waals surface area contributed by atoms with Crippen molar-refractivity contribution in [3.05, 3.63) is 63.6 Å². The number of benzene rings is 1. The van der Waals surface area contributed by atoms with Crippen molar-refractivity contribution < 1.29 is 4.79 Å². The number of amides is 1.